The van der Waals surface area contributed by atoms with Crippen LogP contribution in [0.1, 0.15) is 10.4 Å². The molecule has 0 atom stereocenters. The van der Waals surface area contributed by atoms with E-state index in [1.807, 2.05) is 0 Å². The largest absolute Gasteiger partial charge is 0.425 e. The second-order valence-electron chi connectivity index (χ2n) is 2.69. The Hall–Kier alpha value is -1.30. The normalized spacial score (nSPS) is 11.1. The van der Waals surface area contributed by atoms with Gasteiger partial charge in [0.1, 0.15) is 4.88 Å². The summed E-state index contributed by atoms with van der Waals surface area (Å²) in [5.74, 6) is -0.491. The molecule has 0 aliphatic carbocycles. The van der Waals surface area contributed by atoms with Crippen LogP contribution >= 0.6 is 11.3 Å². The molecule has 1 N–H and O–H groups in total. The van der Waals surface area contributed by atoms with E-state index in [9.17, 15) is 18.0 Å². The van der Waals surface area contributed by atoms with Crippen molar-refractivity contribution in [2.75, 3.05) is 0 Å². The first kappa shape index (κ1) is 11.8. The lowest BCUT2D eigenvalue weighted by Gasteiger charge is -2.07. The first-order valence-corrected chi connectivity index (χ1v) is 4.87. The van der Waals surface area contributed by atoms with Crippen molar-refractivity contribution >= 4 is 17.2 Å². The second kappa shape index (κ2) is 4.48. The standard InChI is InChI=1S/C9H8F3NOS/c1-2-7(14)13-5-6-3-4-15-8(6)9(10,11)12/h2-4H,1,5H2,(H,13,14). The third kappa shape index (κ3) is 3.09. The van der Waals surface area contributed by atoms with E-state index in [4.69, 9.17) is 0 Å². The lowest BCUT2D eigenvalue weighted by molar-refractivity contribution is -0.135. The van der Waals surface area contributed by atoms with Crippen LogP contribution in [-0.4, -0.2) is 5.91 Å². The van der Waals surface area contributed by atoms with Crippen molar-refractivity contribution < 1.29 is 18.0 Å². The smallest absolute Gasteiger partial charge is 0.348 e. The molecule has 0 radical (unpaired) electrons. The monoisotopic (exact) mass is 235 g/mol. The number of thiophene rings is 1. The zero-order valence-corrected chi connectivity index (χ0v) is 8.41. The Morgan fingerprint density at radius 3 is 2.80 bits per heavy atom. The SMILES string of the molecule is C=CC(=O)NCc1ccsc1C(F)(F)F. The van der Waals surface area contributed by atoms with E-state index in [0.29, 0.717) is 11.3 Å². The van der Waals surface area contributed by atoms with Crippen molar-refractivity contribution in [1.29, 1.82) is 0 Å². The van der Waals surface area contributed by atoms with Gasteiger partial charge < -0.3 is 5.32 Å². The van der Waals surface area contributed by atoms with E-state index in [-0.39, 0.29) is 12.1 Å². The highest BCUT2D eigenvalue weighted by atomic mass is 32.1. The van der Waals surface area contributed by atoms with Crippen LogP contribution in [-0.2, 0) is 17.5 Å². The number of alkyl halides is 3. The fourth-order valence-corrected chi connectivity index (χ4v) is 1.77. The summed E-state index contributed by atoms with van der Waals surface area (Å²) in [4.78, 5) is 10.1. The molecular weight excluding hydrogens is 227 g/mol. The molecule has 0 spiro atoms. The average molecular weight is 235 g/mol. The van der Waals surface area contributed by atoms with Gasteiger partial charge in [0.05, 0.1) is 0 Å². The topological polar surface area (TPSA) is 29.1 Å². The Bertz CT molecular complexity index is 370. The van der Waals surface area contributed by atoms with Crippen LogP contribution in [0.25, 0.3) is 0 Å². The third-order valence-electron chi connectivity index (χ3n) is 1.64. The van der Waals surface area contributed by atoms with Gasteiger partial charge in [-0.1, -0.05) is 6.58 Å². The zero-order valence-electron chi connectivity index (χ0n) is 7.60. The molecule has 82 valence electrons. The van der Waals surface area contributed by atoms with E-state index in [1.54, 1.807) is 0 Å². The number of amides is 1. The van der Waals surface area contributed by atoms with Gasteiger partial charge in [-0.2, -0.15) is 13.2 Å². The lowest BCUT2D eigenvalue weighted by atomic mass is 10.2. The van der Waals surface area contributed by atoms with Gasteiger partial charge in [0.2, 0.25) is 5.91 Å². The Kier molecular flexibility index (Phi) is 3.52. The predicted molar refractivity (Wildman–Crippen MR) is 51.4 cm³/mol. The highest BCUT2D eigenvalue weighted by molar-refractivity contribution is 7.10. The van der Waals surface area contributed by atoms with Crippen LogP contribution < -0.4 is 5.32 Å². The fourth-order valence-electron chi connectivity index (χ4n) is 0.978. The molecule has 2 nitrogen and oxygen atoms in total. The van der Waals surface area contributed by atoms with Gasteiger partial charge in [-0.25, -0.2) is 0 Å². The number of hydrogen-bond donors (Lipinski definition) is 1. The first-order valence-electron chi connectivity index (χ1n) is 3.99. The van der Waals surface area contributed by atoms with Gasteiger partial charge in [0, 0.05) is 6.54 Å². The quantitative estimate of drug-likeness (QED) is 0.801. The third-order valence-corrected chi connectivity index (χ3v) is 2.64. The highest BCUT2D eigenvalue weighted by Gasteiger charge is 2.34. The molecule has 15 heavy (non-hydrogen) atoms. The summed E-state index contributed by atoms with van der Waals surface area (Å²) < 4.78 is 37.1. The maximum Gasteiger partial charge on any atom is 0.425 e. The van der Waals surface area contributed by atoms with Gasteiger partial charge >= 0.3 is 6.18 Å². The van der Waals surface area contributed by atoms with E-state index in [0.717, 1.165) is 6.08 Å². The Morgan fingerprint density at radius 2 is 2.27 bits per heavy atom. The number of nitrogens with one attached hydrogen (secondary N) is 1. The van der Waals surface area contributed by atoms with Crippen molar-refractivity contribution in [3.63, 3.8) is 0 Å². The van der Waals surface area contributed by atoms with Crippen molar-refractivity contribution in [1.82, 2.24) is 5.32 Å². The summed E-state index contributed by atoms with van der Waals surface area (Å²) in [6.07, 6.45) is -3.35. The zero-order chi connectivity index (χ0) is 11.5. The van der Waals surface area contributed by atoms with E-state index < -0.39 is 17.0 Å². The van der Waals surface area contributed by atoms with Crippen molar-refractivity contribution in [3.05, 3.63) is 34.5 Å². The molecule has 0 saturated carbocycles. The highest BCUT2D eigenvalue weighted by Crippen LogP contribution is 2.35. The van der Waals surface area contributed by atoms with E-state index in [1.165, 1.54) is 11.4 Å². The number of carbonyl (C=O) groups excluding carboxylic acids is 1. The number of carbonyl (C=O) groups is 1. The van der Waals surface area contributed by atoms with Crippen LogP contribution in [0.5, 0.6) is 0 Å². The summed E-state index contributed by atoms with van der Waals surface area (Å²) in [6.45, 7) is 3.06. The van der Waals surface area contributed by atoms with Crippen LogP contribution in [0.15, 0.2) is 24.1 Å². The molecule has 0 fully saturated rings. The van der Waals surface area contributed by atoms with Crippen LogP contribution in [0, 0.1) is 0 Å². The Balaban J connectivity index is 2.74. The van der Waals surface area contributed by atoms with Gasteiger partial charge in [-0.3, -0.25) is 4.79 Å². The molecule has 6 heteroatoms. The van der Waals surface area contributed by atoms with Gasteiger partial charge in [0.25, 0.3) is 0 Å². The summed E-state index contributed by atoms with van der Waals surface area (Å²) >= 11 is 0.614. The Morgan fingerprint density at radius 1 is 1.60 bits per heavy atom. The minimum atomic E-state index is -4.36. The summed E-state index contributed by atoms with van der Waals surface area (Å²) in [5.41, 5.74) is 0.0719. The lowest BCUT2D eigenvalue weighted by Crippen LogP contribution is -2.21. The minimum Gasteiger partial charge on any atom is -0.348 e. The van der Waals surface area contributed by atoms with Crippen molar-refractivity contribution in [3.8, 4) is 0 Å². The molecule has 1 amide bonds. The fraction of sp³-hybridized carbons (Fsp3) is 0.222. The summed E-state index contributed by atoms with van der Waals surface area (Å²) in [5, 5.41) is 3.64. The van der Waals surface area contributed by atoms with Crippen LogP contribution in [0.4, 0.5) is 13.2 Å². The summed E-state index contributed by atoms with van der Waals surface area (Å²) in [6, 6.07) is 1.34. The molecule has 0 aliphatic rings. The molecule has 0 saturated heterocycles. The van der Waals surface area contributed by atoms with Crippen LogP contribution in [0.2, 0.25) is 0 Å². The molecule has 1 heterocycles. The first-order chi connectivity index (χ1) is 6.95. The molecule has 1 rings (SSSR count). The number of hydrogen-bond acceptors (Lipinski definition) is 2. The predicted octanol–water partition coefficient (Wildman–Crippen LogP) is 2.57. The molecule has 0 aliphatic heterocycles. The van der Waals surface area contributed by atoms with Crippen molar-refractivity contribution in [2.24, 2.45) is 0 Å². The molecule has 0 aromatic carbocycles. The number of rotatable bonds is 3. The van der Waals surface area contributed by atoms with Crippen molar-refractivity contribution in [2.45, 2.75) is 12.7 Å². The molecule has 0 bridgehead atoms. The van der Waals surface area contributed by atoms with E-state index in [2.05, 4.69) is 11.9 Å². The summed E-state index contributed by atoms with van der Waals surface area (Å²) in [7, 11) is 0. The van der Waals surface area contributed by atoms with Gasteiger partial charge in [-0.05, 0) is 23.1 Å². The molecule has 1 aromatic heterocycles. The van der Waals surface area contributed by atoms with Gasteiger partial charge in [-0.15, -0.1) is 11.3 Å². The van der Waals surface area contributed by atoms with Crippen LogP contribution in [0.3, 0.4) is 0 Å². The molecule has 0 unspecified atom stereocenters. The molecular formula is C9H8F3NOS. The second-order valence-corrected chi connectivity index (χ2v) is 3.61. The maximum atomic E-state index is 12.4. The molecule has 1 aromatic rings. The minimum absolute atomic E-state index is 0.0719. The van der Waals surface area contributed by atoms with E-state index >= 15 is 0 Å². The van der Waals surface area contributed by atoms with Gasteiger partial charge in [0.15, 0.2) is 0 Å². The maximum absolute atomic E-state index is 12.4. The average Bonchev–Trinajstić information content (AvgIpc) is 2.61. The number of halogens is 3. The Labute approximate surface area is 88.4 Å².